The first-order valence-electron chi connectivity index (χ1n) is 6.10. The molecule has 0 spiro atoms. The van der Waals surface area contributed by atoms with Crippen molar-refractivity contribution in [1.29, 1.82) is 0 Å². The lowest BCUT2D eigenvalue weighted by atomic mass is 10.1. The Kier molecular flexibility index (Phi) is 4.58. The third kappa shape index (κ3) is 3.48. The molecule has 0 heterocycles. The summed E-state index contributed by atoms with van der Waals surface area (Å²) >= 11 is 5.97. The molecule has 104 valence electrons. The van der Waals surface area contributed by atoms with Crippen LogP contribution in [0.3, 0.4) is 0 Å². The average molecular weight is 293 g/mol. The lowest BCUT2D eigenvalue weighted by Crippen LogP contribution is -2.17. The van der Waals surface area contributed by atoms with E-state index in [4.69, 9.17) is 11.6 Å². The van der Waals surface area contributed by atoms with Gasteiger partial charge in [0.25, 0.3) is 5.91 Å². The highest BCUT2D eigenvalue weighted by Crippen LogP contribution is 2.23. The first kappa shape index (κ1) is 14.3. The van der Waals surface area contributed by atoms with Crippen LogP contribution in [0.15, 0.2) is 42.5 Å². The van der Waals surface area contributed by atoms with E-state index in [9.17, 15) is 9.18 Å². The highest BCUT2D eigenvalue weighted by Gasteiger charge is 2.04. The van der Waals surface area contributed by atoms with Gasteiger partial charge in [-0.1, -0.05) is 23.7 Å². The zero-order chi connectivity index (χ0) is 14.5. The van der Waals surface area contributed by atoms with Crippen LogP contribution in [0.5, 0.6) is 0 Å². The molecule has 0 unspecified atom stereocenters. The molecule has 1 amide bonds. The van der Waals surface area contributed by atoms with E-state index in [0.717, 1.165) is 5.56 Å². The summed E-state index contributed by atoms with van der Waals surface area (Å²) in [5.74, 6) is -0.468. The third-order valence-electron chi connectivity index (χ3n) is 2.85. The predicted molar refractivity (Wildman–Crippen MR) is 78.6 cm³/mol. The Morgan fingerprint density at radius 1 is 1.20 bits per heavy atom. The minimum atomic E-state index is -0.341. The van der Waals surface area contributed by atoms with Crippen LogP contribution in [0, 0.1) is 5.82 Å². The van der Waals surface area contributed by atoms with Gasteiger partial charge in [-0.25, -0.2) is 4.39 Å². The van der Waals surface area contributed by atoms with Crippen molar-refractivity contribution < 1.29 is 9.18 Å². The topological polar surface area (TPSA) is 41.1 Å². The fourth-order valence-corrected chi connectivity index (χ4v) is 1.93. The van der Waals surface area contributed by atoms with Gasteiger partial charge in [-0.2, -0.15) is 0 Å². The van der Waals surface area contributed by atoms with Gasteiger partial charge in [0, 0.05) is 19.2 Å². The number of benzene rings is 2. The maximum Gasteiger partial charge on any atom is 0.251 e. The van der Waals surface area contributed by atoms with Gasteiger partial charge in [-0.15, -0.1) is 0 Å². The van der Waals surface area contributed by atoms with Crippen LogP contribution in [0.1, 0.15) is 15.9 Å². The number of hydrogen-bond donors (Lipinski definition) is 2. The molecule has 0 atom stereocenters. The number of rotatable bonds is 4. The van der Waals surface area contributed by atoms with Gasteiger partial charge in [0.05, 0.1) is 10.7 Å². The number of nitrogens with one attached hydrogen (secondary N) is 2. The van der Waals surface area contributed by atoms with Crippen LogP contribution < -0.4 is 10.6 Å². The van der Waals surface area contributed by atoms with Crippen molar-refractivity contribution in [3.63, 3.8) is 0 Å². The molecular formula is C15H14ClFN2O. The van der Waals surface area contributed by atoms with Crippen LogP contribution in [0.25, 0.3) is 0 Å². The smallest absolute Gasteiger partial charge is 0.251 e. The van der Waals surface area contributed by atoms with E-state index in [1.165, 1.54) is 18.2 Å². The highest BCUT2D eigenvalue weighted by molar-refractivity contribution is 6.33. The standard InChI is InChI=1S/C15H14ClFN2O/c1-18-15(20)11-4-2-10(3-5-11)9-19-14-8-12(17)6-7-13(14)16/h2-8,19H,9H2,1H3,(H,18,20). The summed E-state index contributed by atoms with van der Waals surface area (Å²) in [6.45, 7) is 0.497. The van der Waals surface area contributed by atoms with Gasteiger partial charge in [0.2, 0.25) is 0 Å². The van der Waals surface area contributed by atoms with E-state index >= 15 is 0 Å². The predicted octanol–water partition coefficient (Wildman–Crippen LogP) is 3.45. The molecule has 0 saturated heterocycles. The van der Waals surface area contributed by atoms with Gasteiger partial charge in [-0.05, 0) is 35.9 Å². The number of carbonyl (C=O) groups excluding carboxylic acids is 1. The zero-order valence-electron chi connectivity index (χ0n) is 10.9. The van der Waals surface area contributed by atoms with Crippen LogP contribution in [-0.2, 0) is 6.54 Å². The van der Waals surface area contributed by atoms with E-state index in [0.29, 0.717) is 22.8 Å². The second kappa shape index (κ2) is 6.39. The second-order valence-electron chi connectivity index (χ2n) is 4.25. The number of anilines is 1. The van der Waals surface area contributed by atoms with Crippen molar-refractivity contribution >= 4 is 23.2 Å². The van der Waals surface area contributed by atoms with Crippen molar-refractivity contribution in [1.82, 2.24) is 5.32 Å². The van der Waals surface area contributed by atoms with Crippen LogP contribution in [0.2, 0.25) is 5.02 Å². The molecule has 3 nitrogen and oxygen atoms in total. The van der Waals surface area contributed by atoms with Crippen LogP contribution >= 0.6 is 11.6 Å². The van der Waals surface area contributed by atoms with Crippen molar-refractivity contribution in [2.45, 2.75) is 6.54 Å². The lowest BCUT2D eigenvalue weighted by molar-refractivity contribution is 0.0963. The average Bonchev–Trinajstić information content (AvgIpc) is 2.48. The largest absolute Gasteiger partial charge is 0.380 e. The molecule has 2 rings (SSSR count). The summed E-state index contributed by atoms with van der Waals surface area (Å²) in [5.41, 5.74) is 2.11. The quantitative estimate of drug-likeness (QED) is 0.906. The molecule has 2 N–H and O–H groups in total. The van der Waals surface area contributed by atoms with E-state index in [1.54, 1.807) is 19.2 Å². The molecule has 0 aliphatic heterocycles. The minimum Gasteiger partial charge on any atom is -0.380 e. The number of halogens is 2. The van der Waals surface area contributed by atoms with Crippen molar-refractivity contribution in [3.8, 4) is 0 Å². The minimum absolute atomic E-state index is 0.127. The third-order valence-corrected chi connectivity index (χ3v) is 3.18. The molecule has 5 heteroatoms. The summed E-state index contributed by atoms with van der Waals surface area (Å²) in [5, 5.41) is 6.08. The Hall–Kier alpha value is -2.07. The Labute approximate surface area is 121 Å². The molecule has 0 aliphatic carbocycles. The molecule has 0 saturated carbocycles. The second-order valence-corrected chi connectivity index (χ2v) is 4.66. The van der Waals surface area contributed by atoms with Crippen LogP contribution in [-0.4, -0.2) is 13.0 Å². The molecule has 2 aromatic rings. The van der Waals surface area contributed by atoms with Gasteiger partial charge >= 0.3 is 0 Å². The van der Waals surface area contributed by atoms with E-state index in [2.05, 4.69) is 10.6 Å². The lowest BCUT2D eigenvalue weighted by Gasteiger charge is -2.09. The van der Waals surface area contributed by atoms with Crippen molar-refractivity contribution in [2.24, 2.45) is 0 Å². The van der Waals surface area contributed by atoms with Gasteiger partial charge in [-0.3, -0.25) is 4.79 Å². The summed E-state index contributed by atoms with van der Waals surface area (Å²) < 4.78 is 13.1. The number of carbonyl (C=O) groups is 1. The molecule has 0 aliphatic rings. The first-order chi connectivity index (χ1) is 9.60. The monoisotopic (exact) mass is 292 g/mol. The maximum atomic E-state index is 13.1. The SMILES string of the molecule is CNC(=O)c1ccc(CNc2cc(F)ccc2Cl)cc1. The normalized spacial score (nSPS) is 10.2. The highest BCUT2D eigenvalue weighted by atomic mass is 35.5. The van der Waals surface area contributed by atoms with Gasteiger partial charge in [0.15, 0.2) is 0 Å². The molecule has 0 aromatic heterocycles. The Bertz CT molecular complexity index is 614. The maximum absolute atomic E-state index is 13.1. The molecule has 0 radical (unpaired) electrons. The van der Waals surface area contributed by atoms with E-state index in [1.807, 2.05) is 12.1 Å². The zero-order valence-corrected chi connectivity index (χ0v) is 11.7. The summed E-state index contributed by atoms with van der Waals surface area (Å²) in [6.07, 6.45) is 0. The Morgan fingerprint density at radius 3 is 2.55 bits per heavy atom. The van der Waals surface area contributed by atoms with Gasteiger partial charge in [0.1, 0.15) is 5.82 Å². The number of hydrogen-bond acceptors (Lipinski definition) is 2. The van der Waals surface area contributed by atoms with Crippen LogP contribution in [0.4, 0.5) is 10.1 Å². The molecule has 0 fully saturated rings. The summed E-state index contributed by atoms with van der Waals surface area (Å²) in [7, 11) is 1.59. The van der Waals surface area contributed by atoms with Crippen molar-refractivity contribution in [2.75, 3.05) is 12.4 Å². The molecule has 0 bridgehead atoms. The van der Waals surface area contributed by atoms with Crippen molar-refractivity contribution in [3.05, 3.63) is 64.4 Å². The van der Waals surface area contributed by atoms with Gasteiger partial charge < -0.3 is 10.6 Å². The fraction of sp³-hybridized carbons (Fsp3) is 0.133. The first-order valence-corrected chi connectivity index (χ1v) is 6.48. The summed E-state index contributed by atoms with van der Waals surface area (Å²) in [6, 6.07) is 11.3. The molecular weight excluding hydrogens is 279 g/mol. The fourth-order valence-electron chi connectivity index (χ4n) is 1.75. The number of amides is 1. The molecule has 20 heavy (non-hydrogen) atoms. The Morgan fingerprint density at radius 2 is 1.90 bits per heavy atom. The molecule has 2 aromatic carbocycles. The van der Waals surface area contributed by atoms with E-state index < -0.39 is 0 Å². The summed E-state index contributed by atoms with van der Waals surface area (Å²) in [4.78, 5) is 11.4. The van der Waals surface area contributed by atoms with E-state index in [-0.39, 0.29) is 11.7 Å². The Balaban J connectivity index is 2.04.